The fourth-order valence-corrected chi connectivity index (χ4v) is 1.56. The molecule has 0 unspecified atom stereocenters. The van der Waals surface area contributed by atoms with Crippen LogP contribution in [0.15, 0.2) is 18.3 Å². The average molecular weight is 253 g/mol. The first-order valence-electron chi connectivity index (χ1n) is 5.70. The summed E-state index contributed by atoms with van der Waals surface area (Å²) in [5.74, 6) is 0.619. The Bertz CT molecular complexity index is 399. The van der Waals surface area contributed by atoms with Gasteiger partial charge in [0.2, 0.25) is 0 Å². The van der Waals surface area contributed by atoms with Crippen molar-refractivity contribution in [2.75, 3.05) is 6.61 Å². The van der Waals surface area contributed by atoms with E-state index in [4.69, 9.17) is 21.6 Å². The Balaban J connectivity index is 2.22. The van der Waals surface area contributed by atoms with Gasteiger partial charge in [-0.2, -0.15) is 5.26 Å². The molecule has 17 heavy (non-hydrogen) atoms. The predicted octanol–water partition coefficient (Wildman–Crippen LogP) is 3.83. The van der Waals surface area contributed by atoms with Gasteiger partial charge in [0.1, 0.15) is 0 Å². The van der Waals surface area contributed by atoms with Crippen LogP contribution in [0.1, 0.15) is 33.1 Å². The number of halogens is 1. The first-order chi connectivity index (χ1) is 8.05. The summed E-state index contributed by atoms with van der Waals surface area (Å²) in [6.45, 7) is 4.50. The lowest BCUT2D eigenvalue weighted by Crippen LogP contribution is -2.08. The van der Waals surface area contributed by atoms with Crippen LogP contribution < -0.4 is 4.74 Å². The second-order valence-corrected chi connectivity index (χ2v) is 4.95. The highest BCUT2D eigenvalue weighted by atomic mass is 35.5. The number of hydrogen-bond donors (Lipinski definition) is 0. The summed E-state index contributed by atoms with van der Waals surface area (Å²) in [4.78, 5) is 3.93. The zero-order chi connectivity index (χ0) is 12.7. The normalized spacial score (nSPS) is 10.9. The highest BCUT2D eigenvalue weighted by molar-refractivity contribution is 6.30. The molecular weight excluding hydrogens is 236 g/mol. The van der Waals surface area contributed by atoms with Crippen molar-refractivity contribution in [2.45, 2.75) is 33.1 Å². The van der Waals surface area contributed by atoms with Crippen LogP contribution in [0.3, 0.4) is 0 Å². The van der Waals surface area contributed by atoms with Gasteiger partial charge in [0, 0.05) is 6.20 Å². The monoisotopic (exact) mass is 252 g/mol. The largest absolute Gasteiger partial charge is 0.490 e. The Labute approximate surface area is 107 Å². The van der Waals surface area contributed by atoms with Crippen molar-refractivity contribution in [1.82, 2.24) is 4.98 Å². The molecule has 0 saturated heterocycles. The fraction of sp³-hybridized carbons (Fsp3) is 0.538. The minimum absolute atomic E-state index is 0.244. The quantitative estimate of drug-likeness (QED) is 0.571. The second kappa shape index (κ2) is 6.46. The molecule has 0 aliphatic rings. The van der Waals surface area contributed by atoms with E-state index in [0.717, 1.165) is 19.3 Å². The van der Waals surface area contributed by atoms with E-state index >= 15 is 0 Å². The van der Waals surface area contributed by atoms with Gasteiger partial charge in [-0.05, 0) is 45.2 Å². The van der Waals surface area contributed by atoms with Gasteiger partial charge < -0.3 is 4.74 Å². The van der Waals surface area contributed by atoms with E-state index in [9.17, 15) is 0 Å². The molecule has 0 bridgehead atoms. The molecule has 1 aromatic heterocycles. The molecular formula is C13H17ClN2O. The summed E-state index contributed by atoms with van der Waals surface area (Å²) >= 11 is 5.85. The molecule has 0 spiro atoms. The standard InChI is InChI=1S/C13H17ClN2O/c1-13(2,10-15)7-3-4-9-17-11-6-5-8-16-12(11)14/h5-6,8H,3-4,7,9H2,1-2H3. The van der Waals surface area contributed by atoms with Gasteiger partial charge in [0.15, 0.2) is 10.9 Å². The van der Waals surface area contributed by atoms with Crippen LogP contribution in [0.4, 0.5) is 0 Å². The van der Waals surface area contributed by atoms with Crippen molar-refractivity contribution in [1.29, 1.82) is 5.26 Å². The van der Waals surface area contributed by atoms with Gasteiger partial charge in [-0.3, -0.25) is 0 Å². The summed E-state index contributed by atoms with van der Waals surface area (Å²) in [6.07, 6.45) is 4.40. The Morgan fingerprint density at radius 2 is 2.24 bits per heavy atom. The molecule has 1 rings (SSSR count). The van der Waals surface area contributed by atoms with Crippen molar-refractivity contribution in [2.24, 2.45) is 5.41 Å². The van der Waals surface area contributed by atoms with Gasteiger partial charge >= 0.3 is 0 Å². The molecule has 0 fully saturated rings. The van der Waals surface area contributed by atoms with Gasteiger partial charge in [-0.1, -0.05) is 11.6 Å². The van der Waals surface area contributed by atoms with Crippen LogP contribution in [0, 0.1) is 16.7 Å². The van der Waals surface area contributed by atoms with Crippen molar-refractivity contribution in [3.63, 3.8) is 0 Å². The molecule has 3 nitrogen and oxygen atoms in total. The third-order valence-corrected chi connectivity index (χ3v) is 2.77. The van der Waals surface area contributed by atoms with Crippen LogP contribution in [0.2, 0.25) is 5.15 Å². The van der Waals surface area contributed by atoms with Crippen molar-refractivity contribution in [3.8, 4) is 11.8 Å². The lowest BCUT2D eigenvalue weighted by Gasteiger charge is -2.14. The number of ether oxygens (including phenoxy) is 1. The van der Waals surface area contributed by atoms with Crippen LogP contribution in [-0.4, -0.2) is 11.6 Å². The van der Waals surface area contributed by atoms with E-state index in [1.54, 1.807) is 18.3 Å². The van der Waals surface area contributed by atoms with Crippen molar-refractivity contribution < 1.29 is 4.74 Å². The molecule has 4 heteroatoms. The van der Waals surface area contributed by atoms with Gasteiger partial charge in [-0.15, -0.1) is 0 Å². The minimum Gasteiger partial charge on any atom is -0.490 e. The number of unbranched alkanes of at least 4 members (excludes halogenated alkanes) is 1. The highest BCUT2D eigenvalue weighted by Crippen LogP contribution is 2.23. The summed E-state index contributed by atoms with van der Waals surface area (Å²) in [6, 6.07) is 5.88. The molecule has 0 aliphatic heterocycles. The third kappa shape index (κ3) is 5.06. The number of rotatable bonds is 6. The molecule has 0 amide bonds. The van der Waals surface area contributed by atoms with Crippen LogP contribution in [0.25, 0.3) is 0 Å². The van der Waals surface area contributed by atoms with E-state index in [1.807, 2.05) is 13.8 Å². The van der Waals surface area contributed by atoms with Gasteiger partial charge in [0.05, 0.1) is 18.1 Å². The van der Waals surface area contributed by atoms with Crippen LogP contribution in [-0.2, 0) is 0 Å². The van der Waals surface area contributed by atoms with Crippen LogP contribution >= 0.6 is 11.6 Å². The lowest BCUT2D eigenvalue weighted by atomic mass is 9.89. The van der Waals surface area contributed by atoms with E-state index in [0.29, 0.717) is 17.5 Å². The first-order valence-corrected chi connectivity index (χ1v) is 6.07. The third-order valence-electron chi connectivity index (χ3n) is 2.48. The molecule has 0 N–H and O–H groups in total. The van der Waals surface area contributed by atoms with Crippen molar-refractivity contribution in [3.05, 3.63) is 23.5 Å². The highest BCUT2D eigenvalue weighted by Gasteiger charge is 2.15. The smallest absolute Gasteiger partial charge is 0.171 e. The average Bonchev–Trinajstić information content (AvgIpc) is 2.31. The van der Waals surface area contributed by atoms with E-state index in [1.165, 1.54) is 0 Å². The number of nitrogens with zero attached hydrogens (tertiary/aromatic N) is 2. The molecule has 0 aromatic carbocycles. The molecule has 1 aromatic rings. The summed E-state index contributed by atoms with van der Waals surface area (Å²) < 4.78 is 5.51. The maximum Gasteiger partial charge on any atom is 0.171 e. The number of pyridine rings is 1. The number of hydrogen-bond acceptors (Lipinski definition) is 3. The first kappa shape index (κ1) is 13.8. The Morgan fingerprint density at radius 1 is 1.47 bits per heavy atom. The topological polar surface area (TPSA) is 45.9 Å². The lowest BCUT2D eigenvalue weighted by molar-refractivity contribution is 0.294. The Morgan fingerprint density at radius 3 is 2.88 bits per heavy atom. The SMILES string of the molecule is CC(C)(C#N)CCCCOc1cccnc1Cl. The van der Waals surface area contributed by atoms with Gasteiger partial charge in [-0.25, -0.2) is 4.98 Å². The zero-order valence-corrected chi connectivity index (χ0v) is 11.0. The second-order valence-electron chi connectivity index (χ2n) is 4.59. The number of nitriles is 1. The van der Waals surface area contributed by atoms with Crippen LogP contribution in [0.5, 0.6) is 5.75 Å². The molecule has 0 atom stereocenters. The summed E-state index contributed by atoms with van der Waals surface area (Å²) in [5.41, 5.74) is -0.244. The van der Waals surface area contributed by atoms with Gasteiger partial charge in [0.25, 0.3) is 0 Å². The predicted molar refractivity (Wildman–Crippen MR) is 68.0 cm³/mol. The molecule has 0 aliphatic carbocycles. The summed E-state index contributed by atoms with van der Waals surface area (Å²) in [5, 5.41) is 9.25. The molecule has 92 valence electrons. The maximum absolute atomic E-state index is 8.86. The van der Waals surface area contributed by atoms with E-state index in [2.05, 4.69) is 11.1 Å². The maximum atomic E-state index is 8.86. The number of aromatic nitrogens is 1. The van der Waals surface area contributed by atoms with E-state index in [-0.39, 0.29) is 5.41 Å². The fourth-order valence-electron chi connectivity index (χ4n) is 1.39. The molecule has 0 saturated carbocycles. The Kier molecular flexibility index (Phi) is 5.24. The van der Waals surface area contributed by atoms with E-state index < -0.39 is 0 Å². The summed E-state index contributed by atoms with van der Waals surface area (Å²) in [7, 11) is 0. The molecule has 1 heterocycles. The Hall–Kier alpha value is -1.27. The van der Waals surface area contributed by atoms with Crippen molar-refractivity contribution >= 4 is 11.6 Å². The molecule has 0 radical (unpaired) electrons. The minimum atomic E-state index is -0.244. The zero-order valence-electron chi connectivity index (χ0n) is 10.2.